The minimum atomic E-state index is -4.16. The summed E-state index contributed by atoms with van der Waals surface area (Å²) in [6.45, 7) is 0. The molecule has 1 aliphatic rings. The topological polar surface area (TPSA) is 91.8 Å². The van der Waals surface area contributed by atoms with Gasteiger partial charge in [0.1, 0.15) is 10.9 Å². The number of carbonyl (C=O) groups is 2. The molecule has 118 valence electrons. The van der Waals surface area contributed by atoms with Crippen LogP contribution in [0.3, 0.4) is 0 Å². The molecule has 0 spiro atoms. The van der Waals surface area contributed by atoms with Crippen LogP contribution in [0.4, 0.5) is 0 Å². The Hall–Kier alpha value is -2.67. The highest BCUT2D eigenvalue weighted by Gasteiger charge is 2.47. The normalized spacial score (nSPS) is 16.9. The summed E-state index contributed by atoms with van der Waals surface area (Å²) in [5.41, 5.74) is 0.644. The van der Waals surface area contributed by atoms with Gasteiger partial charge >= 0.3 is 5.97 Å². The zero-order valence-electron chi connectivity index (χ0n) is 11.9. The van der Waals surface area contributed by atoms with Crippen LogP contribution in [0.15, 0.2) is 59.5 Å². The molecule has 7 heteroatoms. The molecule has 0 saturated carbocycles. The average molecular weight is 331 g/mol. The van der Waals surface area contributed by atoms with Gasteiger partial charge in [0.2, 0.25) is 0 Å². The van der Waals surface area contributed by atoms with Gasteiger partial charge in [0, 0.05) is 6.42 Å². The van der Waals surface area contributed by atoms with Crippen LogP contribution in [0.25, 0.3) is 0 Å². The number of sulfonamides is 1. The number of benzene rings is 2. The van der Waals surface area contributed by atoms with Gasteiger partial charge in [0.25, 0.3) is 15.9 Å². The monoisotopic (exact) mass is 331 g/mol. The molecule has 0 bridgehead atoms. The molecule has 1 N–H and O–H groups in total. The van der Waals surface area contributed by atoms with E-state index in [1.807, 2.05) is 0 Å². The van der Waals surface area contributed by atoms with E-state index in [1.54, 1.807) is 36.4 Å². The molecule has 23 heavy (non-hydrogen) atoms. The number of hydrogen-bond donors (Lipinski definition) is 1. The number of aliphatic carboxylic acids is 1. The Morgan fingerprint density at radius 2 is 1.65 bits per heavy atom. The first-order valence-corrected chi connectivity index (χ1v) is 8.31. The van der Waals surface area contributed by atoms with E-state index >= 15 is 0 Å². The second kappa shape index (κ2) is 5.51. The number of nitrogens with zero attached hydrogens (tertiary/aromatic N) is 1. The van der Waals surface area contributed by atoms with Crippen LogP contribution < -0.4 is 0 Å². The summed E-state index contributed by atoms with van der Waals surface area (Å²) in [5, 5.41) is 9.47. The van der Waals surface area contributed by atoms with Crippen LogP contribution in [0.1, 0.15) is 15.9 Å². The zero-order valence-corrected chi connectivity index (χ0v) is 12.7. The smallest absolute Gasteiger partial charge is 0.328 e. The summed E-state index contributed by atoms with van der Waals surface area (Å²) < 4.78 is 25.6. The van der Waals surface area contributed by atoms with E-state index < -0.39 is 27.9 Å². The molecule has 1 amide bonds. The van der Waals surface area contributed by atoms with E-state index in [0.717, 1.165) is 0 Å². The summed E-state index contributed by atoms with van der Waals surface area (Å²) in [7, 11) is -4.16. The van der Waals surface area contributed by atoms with Crippen LogP contribution in [0.5, 0.6) is 0 Å². The standard InChI is InChI=1S/C16H13NO5S/c18-15-12-8-4-5-9-14(12)23(21,22)17(15)13(16(19)20)10-11-6-2-1-3-7-11/h1-9,13H,10H2,(H,19,20)/t13-/m0/s1. The molecule has 6 nitrogen and oxygen atoms in total. The van der Waals surface area contributed by atoms with Crippen LogP contribution in [0.2, 0.25) is 0 Å². The first kappa shape index (κ1) is 15.2. The minimum Gasteiger partial charge on any atom is -0.480 e. The van der Waals surface area contributed by atoms with Gasteiger partial charge in [-0.25, -0.2) is 17.5 Å². The quantitative estimate of drug-likeness (QED) is 0.917. The summed E-state index contributed by atoms with van der Waals surface area (Å²) in [4.78, 5) is 23.9. The van der Waals surface area contributed by atoms with Gasteiger partial charge in [-0.2, -0.15) is 0 Å². The maximum absolute atomic E-state index is 12.6. The summed E-state index contributed by atoms with van der Waals surface area (Å²) in [5.74, 6) is -2.16. The largest absolute Gasteiger partial charge is 0.480 e. The van der Waals surface area contributed by atoms with Crippen molar-refractivity contribution in [3.63, 3.8) is 0 Å². The Balaban J connectivity index is 2.05. The highest BCUT2D eigenvalue weighted by atomic mass is 32.2. The molecule has 1 atom stereocenters. The van der Waals surface area contributed by atoms with Crippen LogP contribution in [0, 0.1) is 0 Å². The van der Waals surface area contributed by atoms with Gasteiger partial charge in [-0.3, -0.25) is 4.79 Å². The average Bonchev–Trinajstić information content (AvgIpc) is 2.73. The van der Waals surface area contributed by atoms with Gasteiger partial charge in [-0.15, -0.1) is 0 Å². The maximum Gasteiger partial charge on any atom is 0.328 e. The molecule has 2 aromatic rings. The third kappa shape index (κ3) is 2.49. The van der Waals surface area contributed by atoms with E-state index in [1.165, 1.54) is 18.2 Å². The van der Waals surface area contributed by atoms with Gasteiger partial charge in [0.15, 0.2) is 0 Å². The van der Waals surface area contributed by atoms with E-state index in [2.05, 4.69) is 0 Å². The van der Waals surface area contributed by atoms with Crippen molar-refractivity contribution in [1.82, 2.24) is 4.31 Å². The van der Waals surface area contributed by atoms with Crippen molar-refractivity contribution in [2.24, 2.45) is 0 Å². The van der Waals surface area contributed by atoms with Crippen molar-refractivity contribution in [2.75, 3.05) is 0 Å². The first-order valence-electron chi connectivity index (χ1n) is 6.87. The predicted octanol–water partition coefficient (Wildman–Crippen LogP) is 1.53. The van der Waals surface area contributed by atoms with Crippen LogP contribution in [-0.2, 0) is 21.2 Å². The summed E-state index contributed by atoms with van der Waals surface area (Å²) in [6, 6.07) is 12.9. The fourth-order valence-electron chi connectivity index (χ4n) is 2.62. The molecule has 0 aromatic heterocycles. The minimum absolute atomic E-state index is 0.00631. The molecular formula is C16H13NO5S. The molecule has 3 rings (SSSR count). The fraction of sp³-hybridized carbons (Fsp3) is 0.125. The first-order chi connectivity index (χ1) is 10.9. The lowest BCUT2D eigenvalue weighted by molar-refractivity contribution is -0.140. The lowest BCUT2D eigenvalue weighted by Gasteiger charge is -2.23. The molecule has 0 saturated heterocycles. The van der Waals surface area contributed by atoms with Crippen molar-refractivity contribution >= 4 is 21.9 Å². The number of fused-ring (bicyclic) bond motifs is 1. The Bertz CT molecular complexity index is 876. The molecule has 0 radical (unpaired) electrons. The number of carbonyl (C=O) groups excluding carboxylic acids is 1. The van der Waals surface area contributed by atoms with Gasteiger partial charge in [-0.1, -0.05) is 42.5 Å². The number of amides is 1. The second-order valence-corrected chi connectivity index (χ2v) is 6.93. The highest BCUT2D eigenvalue weighted by Crippen LogP contribution is 2.32. The van der Waals surface area contributed by atoms with E-state index in [9.17, 15) is 23.1 Å². The fourth-order valence-corrected chi connectivity index (χ4v) is 4.33. The van der Waals surface area contributed by atoms with E-state index in [4.69, 9.17) is 0 Å². The molecule has 2 aromatic carbocycles. The molecular weight excluding hydrogens is 318 g/mol. The van der Waals surface area contributed by atoms with Crippen LogP contribution in [-0.4, -0.2) is 35.7 Å². The number of rotatable bonds is 4. The van der Waals surface area contributed by atoms with Gasteiger partial charge < -0.3 is 5.11 Å². The zero-order chi connectivity index (χ0) is 16.6. The lowest BCUT2D eigenvalue weighted by atomic mass is 10.1. The molecule has 0 unspecified atom stereocenters. The maximum atomic E-state index is 12.6. The van der Waals surface area contributed by atoms with E-state index in [0.29, 0.717) is 9.87 Å². The Morgan fingerprint density at radius 1 is 1.04 bits per heavy atom. The summed E-state index contributed by atoms with van der Waals surface area (Å²) in [6.07, 6.45) is -0.0882. The van der Waals surface area contributed by atoms with Crippen molar-refractivity contribution in [2.45, 2.75) is 17.4 Å². The molecule has 0 aliphatic carbocycles. The molecule has 1 aliphatic heterocycles. The summed E-state index contributed by atoms with van der Waals surface area (Å²) >= 11 is 0. The Morgan fingerprint density at radius 3 is 2.26 bits per heavy atom. The highest BCUT2D eigenvalue weighted by molar-refractivity contribution is 7.90. The molecule has 0 fully saturated rings. The SMILES string of the molecule is O=C(O)[C@H](Cc1ccccc1)N1C(=O)c2ccccc2S1(=O)=O. The number of carboxylic acid groups (broad SMARTS) is 1. The third-order valence-corrected chi connectivity index (χ3v) is 5.54. The lowest BCUT2D eigenvalue weighted by Crippen LogP contribution is -2.46. The predicted molar refractivity (Wildman–Crippen MR) is 81.4 cm³/mol. The van der Waals surface area contributed by atoms with Gasteiger partial charge in [0.05, 0.1) is 5.56 Å². The second-order valence-electron chi connectivity index (χ2n) is 5.15. The van der Waals surface area contributed by atoms with Crippen molar-refractivity contribution in [3.05, 3.63) is 65.7 Å². The molecule has 1 heterocycles. The van der Waals surface area contributed by atoms with E-state index in [-0.39, 0.29) is 16.9 Å². The van der Waals surface area contributed by atoms with Crippen molar-refractivity contribution in [1.29, 1.82) is 0 Å². The van der Waals surface area contributed by atoms with Crippen LogP contribution >= 0.6 is 0 Å². The Kier molecular flexibility index (Phi) is 3.65. The number of carboxylic acids is 1. The van der Waals surface area contributed by atoms with Crippen molar-refractivity contribution in [3.8, 4) is 0 Å². The Labute approximate surface area is 133 Å². The number of hydrogen-bond acceptors (Lipinski definition) is 4. The van der Waals surface area contributed by atoms with Crippen molar-refractivity contribution < 1.29 is 23.1 Å². The third-order valence-electron chi connectivity index (χ3n) is 3.69. The van der Waals surface area contributed by atoms with Gasteiger partial charge in [-0.05, 0) is 17.7 Å².